The molecule has 1 aliphatic heterocycles. The third kappa shape index (κ3) is 3.68. The molecule has 1 aliphatic rings. The lowest BCUT2D eigenvalue weighted by Gasteiger charge is -2.38. The van der Waals surface area contributed by atoms with E-state index in [0.29, 0.717) is 12.3 Å². The summed E-state index contributed by atoms with van der Waals surface area (Å²) in [6.07, 6.45) is 1.91. The van der Waals surface area contributed by atoms with Gasteiger partial charge in [0, 0.05) is 12.0 Å². The summed E-state index contributed by atoms with van der Waals surface area (Å²) in [5.41, 5.74) is 2.55. The first-order chi connectivity index (χ1) is 12.6. The molecule has 1 saturated heterocycles. The molecule has 0 bridgehead atoms. The molecule has 0 aromatic heterocycles. The van der Waals surface area contributed by atoms with Gasteiger partial charge in [0.2, 0.25) is 0 Å². The predicted molar refractivity (Wildman–Crippen MR) is 102 cm³/mol. The van der Waals surface area contributed by atoms with Crippen LogP contribution in [0.15, 0.2) is 42.5 Å². The van der Waals surface area contributed by atoms with Crippen LogP contribution in [0.2, 0.25) is 0 Å². The van der Waals surface area contributed by atoms with E-state index in [1.54, 1.807) is 12.1 Å². The molecule has 1 heterocycles. The van der Waals surface area contributed by atoms with Crippen molar-refractivity contribution in [2.45, 2.75) is 25.2 Å². The third-order valence-corrected chi connectivity index (χ3v) is 5.23. The number of rotatable bonds is 5. The zero-order valence-corrected chi connectivity index (χ0v) is 15.3. The predicted octanol–water partition coefficient (Wildman–Crippen LogP) is 2.76. The number of nitrogens with one attached hydrogen (secondary N) is 2. The van der Waals surface area contributed by atoms with E-state index in [-0.39, 0.29) is 22.6 Å². The number of methoxy groups -OCH3 is 1. The molecule has 1 amide bonds. The maximum Gasteiger partial charge on any atom is 0.258 e. The number of aryl methyl sites for hydroxylation is 1. The molecule has 0 spiro atoms. The van der Waals surface area contributed by atoms with Crippen LogP contribution in [0.5, 0.6) is 11.5 Å². The van der Waals surface area contributed by atoms with Gasteiger partial charge in [-0.05, 0) is 50.6 Å². The van der Waals surface area contributed by atoms with Gasteiger partial charge in [0.05, 0.1) is 7.11 Å². The smallest absolute Gasteiger partial charge is 0.258 e. The Kier molecular flexibility index (Phi) is 5.47. The fourth-order valence-electron chi connectivity index (χ4n) is 3.70. The topological polar surface area (TPSA) is 70.6 Å². The van der Waals surface area contributed by atoms with Crippen molar-refractivity contribution in [2.24, 2.45) is 0 Å². The second-order valence-corrected chi connectivity index (χ2v) is 6.94. The van der Waals surface area contributed by atoms with E-state index in [1.165, 1.54) is 24.3 Å². The van der Waals surface area contributed by atoms with Crippen molar-refractivity contribution in [2.75, 3.05) is 26.7 Å². The summed E-state index contributed by atoms with van der Waals surface area (Å²) >= 11 is 0. The highest BCUT2D eigenvalue weighted by Crippen LogP contribution is 2.34. The van der Waals surface area contributed by atoms with Gasteiger partial charge in [-0.25, -0.2) is 0 Å². The van der Waals surface area contributed by atoms with Gasteiger partial charge >= 0.3 is 0 Å². The number of phenols is 1. The Morgan fingerprint density at radius 2 is 1.96 bits per heavy atom. The number of aromatic hydroxyl groups is 1. The first-order valence-corrected chi connectivity index (χ1v) is 8.98. The molecule has 0 radical (unpaired) electrons. The molecule has 1 fully saturated rings. The Hall–Kier alpha value is -2.53. The normalized spacial score (nSPS) is 16.1. The Morgan fingerprint density at radius 3 is 2.65 bits per heavy atom. The first-order valence-electron chi connectivity index (χ1n) is 8.98. The van der Waals surface area contributed by atoms with Crippen molar-refractivity contribution in [1.82, 2.24) is 10.6 Å². The summed E-state index contributed by atoms with van der Waals surface area (Å²) in [5.74, 6) is -0.0142. The van der Waals surface area contributed by atoms with Gasteiger partial charge in [-0.15, -0.1) is 0 Å². The molecule has 0 atom stereocenters. The van der Waals surface area contributed by atoms with E-state index >= 15 is 0 Å². The summed E-state index contributed by atoms with van der Waals surface area (Å²) in [7, 11) is 1.49. The molecular formula is C21H26N2O3. The van der Waals surface area contributed by atoms with Crippen LogP contribution in [0.4, 0.5) is 0 Å². The fraction of sp³-hybridized carbons (Fsp3) is 0.381. The lowest BCUT2D eigenvalue weighted by molar-refractivity contribution is 0.0932. The maximum atomic E-state index is 12.8. The van der Waals surface area contributed by atoms with Crippen LogP contribution < -0.4 is 15.4 Å². The van der Waals surface area contributed by atoms with E-state index in [0.717, 1.165) is 25.9 Å². The van der Waals surface area contributed by atoms with E-state index in [1.807, 2.05) is 0 Å². The van der Waals surface area contributed by atoms with Gasteiger partial charge in [-0.1, -0.05) is 35.9 Å². The van der Waals surface area contributed by atoms with Gasteiger partial charge in [-0.2, -0.15) is 0 Å². The zero-order chi connectivity index (χ0) is 18.6. The standard InChI is InChI=1S/C21H26N2O3/c1-15-5-3-6-16(13-15)21(9-11-22-12-10-21)14-23-20(25)19-17(24)7-4-8-18(19)26-2/h3-8,13,22,24H,9-12,14H2,1-2H3,(H,23,25). The Morgan fingerprint density at radius 1 is 1.23 bits per heavy atom. The number of hydrogen-bond donors (Lipinski definition) is 3. The summed E-state index contributed by atoms with van der Waals surface area (Å²) < 4.78 is 5.23. The van der Waals surface area contributed by atoms with Gasteiger partial charge in [0.15, 0.2) is 0 Å². The average Bonchev–Trinajstić information content (AvgIpc) is 2.66. The molecule has 0 aliphatic carbocycles. The second-order valence-electron chi connectivity index (χ2n) is 6.94. The minimum atomic E-state index is -0.314. The van der Waals surface area contributed by atoms with Crippen LogP contribution in [0.25, 0.3) is 0 Å². The van der Waals surface area contributed by atoms with Crippen LogP contribution in [-0.2, 0) is 5.41 Å². The molecule has 3 rings (SSSR count). The zero-order valence-electron chi connectivity index (χ0n) is 15.3. The number of piperidine rings is 1. The van der Waals surface area contributed by atoms with Gasteiger partial charge in [0.1, 0.15) is 17.1 Å². The Balaban J connectivity index is 1.84. The number of benzene rings is 2. The minimum absolute atomic E-state index is 0.0724. The van der Waals surface area contributed by atoms with Crippen LogP contribution in [0.1, 0.15) is 34.3 Å². The number of carbonyl (C=O) groups is 1. The first kappa shape index (κ1) is 18.3. The van der Waals surface area contributed by atoms with Crippen LogP contribution >= 0.6 is 0 Å². The van der Waals surface area contributed by atoms with Crippen molar-refractivity contribution in [3.63, 3.8) is 0 Å². The molecule has 2 aromatic carbocycles. The second kappa shape index (κ2) is 7.79. The van der Waals surface area contributed by atoms with Crippen molar-refractivity contribution in [3.05, 3.63) is 59.2 Å². The largest absolute Gasteiger partial charge is 0.507 e. The minimum Gasteiger partial charge on any atom is -0.507 e. The molecule has 26 heavy (non-hydrogen) atoms. The van der Waals surface area contributed by atoms with E-state index in [9.17, 15) is 9.90 Å². The van der Waals surface area contributed by atoms with E-state index in [4.69, 9.17) is 4.74 Å². The SMILES string of the molecule is COc1cccc(O)c1C(=O)NCC1(c2cccc(C)c2)CCNCC1. The summed E-state index contributed by atoms with van der Waals surface area (Å²) in [4.78, 5) is 12.8. The lowest BCUT2D eigenvalue weighted by atomic mass is 9.72. The van der Waals surface area contributed by atoms with Crippen molar-refractivity contribution >= 4 is 5.91 Å². The van der Waals surface area contributed by atoms with Crippen molar-refractivity contribution < 1.29 is 14.6 Å². The molecule has 138 valence electrons. The molecule has 5 nitrogen and oxygen atoms in total. The quantitative estimate of drug-likeness (QED) is 0.772. The highest BCUT2D eigenvalue weighted by Gasteiger charge is 2.34. The number of ether oxygens (including phenoxy) is 1. The monoisotopic (exact) mass is 354 g/mol. The van der Waals surface area contributed by atoms with E-state index < -0.39 is 0 Å². The molecule has 0 saturated carbocycles. The highest BCUT2D eigenvalue weighted by molar-refractivity contribution is 5.99. The Labute approximate surface area is 154 Å². The van der Waals surface area contributed by atoms with Crippen LogP contribution in [0.3, 0.4) is 0 Å². The van der Waals surface area contributed by atoms with Crippen LogP contribution in [-0.4, -0.2) is 37.8 Å². The number of amides is 1. The molecule has 2 aromatic rings. The molecule has 3 N–H and O–H groups in total. The number of carbonyl (C=O) groups excluding carboxylic acids is 1. The number of hydrogen-bond acceptors (Lipinski definition) is 4. The maximum absolute atomic E-state index is 12.8. The lowest BCUT2D eigenvalue weighted by Crippen LogP contribution is -2.47. The molecular weight excluding hydrogens is 328 g/mol. The van der Waals surface area contributed by atoms with Gasteiger partial charge < -0.3 is 20.5 Å². The third-order valence-electron chi connectivity index (χ3n) is 5.23. The van der Waals surface area contributed by atoms with E-state index in [2.05, 4.69) is 41.8 Å². The van der Waals surface area contributed by atoms with Gasteiger partial charge in [0.25, 0.3) is 5.91 Å². The van der Waals surface area contributed by atoms with Crippen LogP contribution in [0, 0.1) is 6.92 Å². The number of phenolic OH excluding ortho intramolecular Hbond substituents is 1. The molecule has 0 unspecified atom stereocenters. The average molecular weight is 354 g/mol. The highest BCUT2D eigenvalue weighted by atomic mass is 16.5. The summed E-state index contributed by atoms with van der Waals surface area (Å²) in [6.45, 7) is 4.45. The Bertz CT molecular complexity index is 783. The van der Waals surface area contributed by atoms with Crippen molar-refractivity contribution in [3.8, 4) is 11.5 Å². The van der Waals surface area contributed by atoms with Gasteiger partial charge in [-0.3, -0.25) is 4.79 Å². The summed E-state index contributed by atoms with van der Waals surface area (Å²) in [5, 5.41) is 16.5. The molecule has 5 heteroatoms. The fourth-order valence-corrected chi connectivity index (χ4v) is 3.70. The van der Waals surface area contributed by atoms with Crippen molar-refractivity contribution in [1.29, 1.82) is 0 Å². The summed E-state index contributed by atoms with van der Waals surface area (Å²) in [6, 6.07) is 13.3.